The Morgan fingerprint density at radius 3 is 2.81 bits per heavy atom. The van der Waals surface area contributed by atoms with Crippen LogP contribution in [0.1, 0.15) is 18.1 Å². The molecule has 0 radical (unpaired) electrons. The van der Waals surface area contributed by atoms with Gasteiger partial charge in [-0.3, -0.25) is 5.43 Å². The fourth-order valence-corrected chi connectivity index (χ4v) is 2.50. The molecule has 0 aliphatic rings. The lowest BCUT2D eigenvalue weighted by molar-refractivity contribution is 0.269. The average Bonchev–Trinajstić information content (AvgIpc) is 2.66. The van der Waals surface area contributed by atoms with E-state index in [0.29, 0.717) is 41.4 Å². The molecule has 0 saturated heterocycles. The van der Waals surface area contributed by atoms with Crippen LogP contribution in [0.3, 0.4) is 0 Å². The molecule has 0 spiro atoms. The predicted molar refractivity (Wildman–Crippen MR) is 115 cm³/mol. The lowest BCUT2D eigenvalue weighted by Crippen LogP contribution is -2.31. The fraction of sp³-hybridized carbons (Fsp3) is 0.200. The molecule has 0 unspecified atom stereocenters. The normalized spacial score (nSPS) is 10.4. The zero-order chi connectivity index (χ0) is 19.5. The van der Waals surface area contributed by atoms with Crippen molar-refractivity contribution < 1.29 is 9.47 Å². The van der Waals surface area contributed by atoms with Crippen LogP contribution in [-0.4, -0.2) is 24.5 Å². The Hall–Kier alpha value is -2.57. The molecule has 2 N–H and O–H groups in total. The van der Waals surface area contributed by atoms with Gasteiger partial charge in [-0.05, 0) is 60.6 Å². The van der Waals surface area contributed by atoms with E-state index in [-0.39, 0.29) is 0 Å². The van der Waals surface area contributed by atoms with Gasteiger partial charge in [-0.1, -0.05) is 29.8 Å². The molecule has 0 aromatic heterocycles. The molecule has 0 amide bonds. The van der Waals surface area contributed by atoms with Crippen molar-refractivity contribution in [1.82, 2.24) is 10.7 Å². The van der Waals surface area contributed by atoms with Gasteiger partial charge in [0.2, 0.25) is 0 Å². The minimum atomic E-state index is 0.402. The van der Waals surface area contributed by atoms with Gasteiger partial charge in [-0.25, -0.2) is 0 Å². The molecule has 0 fully saturated rings. The zero-order valence-electron chi connectivity index (χ0n) is 15.1. The maximum absolute atomic E-state index is 6.01. The molecule has 7 heteroatoms. The molecule has 27 heavy (non-hydrogen) atoms. The van der Waals surface area contributed by atoms with E-state index in [1.54, 1.807) is 12.3 Å². The van der Waals surface area contributed by atoms with E-state index >= 15 is 0 Å². The van der Waals surface area contributed by atoms with Gasteiger partial charge in [-0.15, -0.1) is 6.58 Å². The maximum Gasteiger partial charge on any atom is 0.187 e. The van der Waals surface area contributed by atoms with Crippen molar-refractivity contribution in [2.24, 2.45) is 5.10 Å². The van der Waals surface area contributed by atoms with Crippen LogP contribution in [0, 0.1) is 0 Å². The first-order chi connectivity index (χ1) is 13.1. The molecule has 5 nitrogen and oxygen atoms in total. The van der Waals surface area contributed by atoms with Crippen molar-refractivity contribution in [3.63, 3.8) is 0 Å². The van der Waals surface area contributed by atoms with E-state index in [4.69, 9.17) is 33.3 Å². The highest BCUT2D eigenvalue weighted by atomic mass is 35.5. The largest absolute Gasteiger partial charge is 0.490 e. The third-order valence-corrected chi connectivity index (χ3v) is 3.81. The zero-order valence-corrected chi connectivity index (χ0v) is 16.6. The highest BCUT2D eigenvalue weighted by Gasteiger charge is 2.07. The second kappa shape index (κ2) is 11.2. The first kappa shape index (κ1) is 20.7. The Bertz CT molecular complexity index is 812. The lowest BCUT2D eigenvalue weighted by Gasteiger charge is -2.13. The molecule has 0 atom stereocenters. The van der Waals surface area contributed by atoms with Crippen LogP contribution < -0.4 is 20.2 Å². The Morgan fingerprint density at radius 2 is 2.07 bits per heavy atom. The molecule has 2 aromatic carbocycles. The van der Waals surface area contributed by atoms with Crippen LogP contribution in [0.15, 0.2) is 60.2 Å². The highest BCUT2D eigenvalue weighted by molar-refractivity contribution is 7.80. The van der Waals surface area contributed by atoms with Gasteiger partial charge < -0.3 is 14.8 Å². The predicted octanol–water partition coefficient (Wildman–Crippen LogP) is 4.30. The van der Waals surface area contributed by atoms with Crippen LogP contribution in [0.5, 0.6) is 11.5 Å². The van der Waals surface area contributed by atoms with E-state index in [1.165, 1.54) is 0 Å². The fourth-order valence-electron chi connectivity index (χ4n) is 2.15. The topological polar surface area (TPSA) is 54.9 Å². The van der Waals surface area contributed by atoms with Gasteiger partial charge in [-0.2, -0.15) is 5.10 Å². The Kier molecular flexibility index (Phi) is 8.61. The molecule has 0 aliphatic heterocycles. The van der Waals surface area contributed by atoms with E-state index in [9.17, 15) is 0 Å². The second-order valence-electron chi connectivity index (χ2n) is 5.43. The number of nitrogens with one attached hydrogen (secondary N) is 2. The third kappa shape index (κ3) is 7.29. The molecular weight excluding hydrogens is 382 g/mol. The van der Waals surface area contributed by atoms with Crippen molar-refractivity contribution in [2.45, 2.75) is 13.5 Å². The third-order valence-electron chi connectivity index (χ3n) is 3.34. The smallest absolute Gasteiger partial charge is 0.187 e. The van der Waals surface area contributed by atoms with Gasteiger partial charge in [0.15, 0.2) is 16.6 Å². The van der Waals surface area contributed by atoms with Gasteiger partial charge in [0.25, 0.3) is 0 Å². The highest BCUT2D eigenvalue weighted by Crippen LogP contribution is 2.29. The van der Waals surface area contributed by atoms with Crippen molar-refractivity contribution in [2.75, 3.05) is 13.2 Å². The summed E-state index contributed by atoms with van der Waals surface area (Å²) >= 11 is 11.1. The number of hydrogen-bond acceptors (Lipinski definition) is 4. The number of thiocarbonyl (C=S) groups is 1. The Labute approximate surface area is 170 Å². The minimum Gasteiger partial charge on any atom is -0.490 e. The lowest BCUT2D eigenvalue weighted by atomic mass is 10.2. The summed E-state index contributed by atoms with van der Waals surface area (Å²) in [6, 6.07) is 13.2. The molecule has 2 rings (SSSR count). The molecule has 0 bridgehead atoms. The van der Waals surface area contributed by atoms with Crippen molar-refractivity contribution in [3.8, 4) is 11.5 Å². The summed E-state index contributed by atoms with van der Waals surface area (Å²) in [5.74, 6) is 1.31. The summed E-state index contributed by atoms with van der Waals surface area (Å²) in [6.07, 6.45) is 3.37. The number of hydrazone groups is 1. The summed E-state index contributed by atoms with van der Waals surface area (Å²) in [7, 11) is 0. The number of halogens is 1. The first-order valence-electron chi connectivity index (χ1n) is 8.44. The summed E-state index contributed by atoms with van der Waals surface area (Å²) in [6.45, 7) is 7.05. The van der Waals surface area contributed by atoms with Gasteiger partial charge in [0.1, 0.15) is 6.61 Å². The van der Waals surface area contributed by atoms with E-state index in [1.807, 2.05) is 49.4 Å². The number of benzene rings is 2. The number of nitrogens with zero attached hydrogens (tertiary/aromatic N) is 1. The van der Waals surface area contributed by atoms with E-state index < -0.39 is 0 Å². The van der Waals surface area contributed by atoms with Crippen molar-refractivity contribution >= 4 is 35.1 Å². The van der Waals surface area contributed by atoms with Gasteiger partial charge >= 0.3 is 0 Å². The molecule has 0 heterocycles. The Balaban J connectivity index is 2.02. The summed E-state index contributed by atoms with van der Waals surface area (Å²) in [4.78, 5) is 0. The average molecular weight is 404 g/mol. The van der Waals surface area contributed by atoms with E-state index in [0.717, 1.165) is 11.1 Å². The van der Waals surface area contributed by atoms with Crippen LogP contribution in [0.25, 0.3) is 0 Å². The van der Waals surface area contributed by atoms with Crippen LogP contribution >= 0.6 is 23.8 Å². The van der Waals surface area contributed by atoms with Gasteiger partial charge in [0.05, 0.1) is 12.8 Å². The monoisotopic (exact) mass is 403 g/mol. The van der Waals surface area contributed by atoms with Crippen molar-refractivity contribution in [3.05, 3.63) is 71.3 Å². The van der Waals surface area contributed by atoms with Crippen LogP contribution in [0.4, 0.5) is 0 Å². The molecule has 0 saturated carbocycles. The number of ether oxygens (including phenoxy) is 2. The van der Waals surface area contributed by atoms with Crippen molar-refractivity contribution in [1.29, 1.82) is 0 Å². The molecule has 142 valence electrons. The first-order valence-corrected chi connectivity index (χ1v) is 9.23. The summed E-state index contributed by atoms with van der Waals surface area (Å²) in [5, 5.41) is 8.14. The standard InChI is InChI=1S/C20H22ClN3O2S/c1-3-10-22-20(27)24-23-13-15-8-9-18(19(12-15)25-4-2)26-14-16-6-5-7-17(21)11-16/h3,5-9,11-13H,1,4,10,14H2,2H3,(H2,22,24,27)/b23-13+. The quantitative estimate of drug-likeness (QED) is 0.283. The second-order valence-corrected chi connectivity index (χ2v) is 6.27. The molecule has 0 aliphatic carbocycles. The minimum absolute atomic E-state index is 0.402. The van der Waals surface area contributed by atoms with Crippen LogP contribution in [-0.2, 0) is 6.61 Å². The SMILES string of the molecule is C=CCNC(=S)N/N=C/c1ccc(OCc2cccc(Cl)c2)c(OCC)c1. The summed E-state index contributed by atoms with van der Waals surface area (Å²) in [5.41, 5.74) is 4.58. The molecular formula is C20H22ClN3O2S. The van der Waals surface area contributed by atoms with E-state index in [2.05, 4.69) is 22.4 Å². The Morgan fingerprint density at radius 1 is 1.22 bits per heavy atom. The molecule has 2 aromatic rings. The van der Waals surface area contributed by atoms with Crippen LogP contribution in [0.2, 0.25) is 5.02 Å². The summed E-state index contributed by atoms with van der Waals surface area (Å²) < 4.78 is 11.6. The number of rotatable bonds is 9. The maximum atomic E-state index is 6.01. The van der Waals surface area contributed by atoms with Gasteiger partial charge in [0, 0.05) is 11.6 Å². The number of hydrogen-bond donors (Lipinski definition) is 2.